The van der Waals surface area contributed by atoms with E-state index in [0.717, 1.165) is 20.7 Å². The zero-order chi connectivity index (χ0) is 24.8. The van der Waals surface area contributed by atoms with E-state index in [-0.39, 0.29) is 17.5 Å². The summed E-state index contributed by atoms with van der Waals surface area (Å²) in [4.78, 5) is 45.7. The fourth-order valence-electron chi connectivity index (χ4n) is 4.70. The number of hydrogen-bond donors (Lipinski definition) is 1. The second-order valence-corrected chi connectivity index (χ2v) is 9.69. The Morgan fingerprint density at radius 1 is 0.889 bits per heavy atom. The number of hydrogen-bond acceptors (Lipinski definition) is 5. The summed E-state index contributed by atoms with van der Waals surface area (Å²) in [5, 5.41) is 1.54. The number of thiophene rings is 1. The third-order valence-corrected chi connectivity index (χ3v) is 7.29. The molecule has 3 aromatic carbocycles. The summed E-state index contributed by atoms with van der Waals surface area (Å²) in [6, 6.07) is 24.1. The first kappa shape index (κ1) is 21.9. The van der Waals surface area contributed by atoms with Gasteiger partial charge in [0.2, 0.25) is 0 Å². The number of pyridine rings is 1. The van der Waals surface area contributed by atoms with E-state index in [1.165, 1.54) is 17.7 Å². The number of benzene rings is 3. The Bertz CT molecular complexity index is 1860. The van der Waals surface area contributed by atoms with Gasteiger partial charge in [-0.05, 0) is 36.8 Å². The SMILES string of the molecule is Cc1sc2ncn(NC(=O)Cn3c4ccccc4c(=O)c4ccccc43)c(=O)c2c1-c1ccccc1. The summed E-state index contributed by atoms with van der Waals surface area (Å²) >= 11 is 1.45. The molecule has 0 atom stereocenters. The topological polar surface area (TPSA) is 86.0 Å². The van der Waals surface area contributed by atoms with Crippen LogP contribution in [0.15, 0.2) is 94.8 Å². The molecule has 0 saturated heterocycles. The number of nitrogens with zero attached hydrogens (tertiary/aromatic N) is 3. The summed E-state index contributed by atoms with van der Waals surface area (Å²) in [5.74, 6) is -0.412. The van der Waals surface area contributed by atoms with Crippen LogP contribution >= 0.6 is 11.3 Å². The molecule has 0 bridgehead atoms. The van der Waals surface area contributed by atoms with Crippen molar-refractivity contribution in [1.82, 2.24) is 14.2 Å². The average molecular weight is 493 g/mol. The van der Waals surface area contributed by atoms with Gasteiger partial charge in [-0.2, -0.15) is 0 Å². The first-order valence-corrected chi connectivity index (χ1v) is 12.2. The van der Waals surface area contributed by atoms with E-state index in [1.807, 2.05) is 61.5 Å². The molecule has 7 nitrogen and oxygen atoms in total. The first-order chi connectivity index (χ1) is 17.5. The van der Waals surface area contributed by atoms with Gasteiger partial charge in [-0.15, -0.1) is 11.3 Å². The van der Waals surface area contributed by atoms with Gasteiger partial charge in [0, 0.05) is 21.2 Å². The lowest BCUT2D eigenvalue weighted by Gasteiger charge is -2.15. The van der Waals surface area contributed by atoms with Crippen molar-refractivity contribution in [3.63, 3.8) is 0 Å². The Morgan fingerprint density at radius 2 is 1.50 bits per heavy atom. The Morgan fingerprint density at radius 3 is 2.17 bits per heavy atom. The quantitative estimate of drug-likeness (QED) is 0.362. The van der Waals surface area contributed by atoms with E-state index in [1.54, 1.807) is 28.8 Å². The smallest absolute Gasteiger partial charge is 0.281 e. The molecule has 0 aliphatic rings. The van der Waals surface area contributed by atoms with Gasteiger partial charge in [0.1, 0.15) is 17.7 Å². The van der Waals surface area contributed by atoms with Crippen LogP contribution in [0.25, 0.3) is 43.1 Å². The van der Waals surface area contributed by atoms with Gasteiger partial charge in [0.15, 0.2) is 5.43 Å². The number of para-hydroxylation sites is 2. The highest BCUT2D eigenvalue weighted by Gasteiger charge is 2.18. The molecule has 6 aromatic rings. The van der Waals surface area contributed by atoms with E-state index in [2.05, 4.69) is 10.4 Å². The van der Waals surface area contributed by atoms with Gasteiger partial charge >= 0.3 is 0 Å². The van der Waals surface area contributed by atoms with Gasteiger partial charge in [-0.25, -0.2) is 9.66 Å². The average Bonchev–Trinajstić information content (AvgIpc) is 3.25. The van der Waals surface area contributed by atoms with Crippen molar-refractivity contribution >= 4 is 49.3 Å². The molecule has 36 heavy (non-hydrogen) atoms. The molecule has 6 rings (SSSR count). The minimum absolute atomic E-state index is 0.0787. The monoisotopic (exact) mass is 492 g/mol. The predicted molar refractivity (Wildman–Crippen MR) is 144 cm³/mol. The molecular weight excluding hydrogens is 472 g/mol. The minimum Gasteiger partial charge on any atom is -0.331 e. The number of aromatic nitrogens is 3. The van der Waals surface area contributed by atoms with Gasteiger partial charge in [0.05, 0.1) is 16.4 Å². The minimum atomic E-state index is -0.412. The van der Waals surface area contributed by atoms with Gasteiger partial charge in [0.25, 0.3) is 11.5 Å². The fourth-order valence-corrected chi connectivity index (χ4v) is 5.70. The highest BCUT2D eigenvalue weighted by atomic mass is 32.1. The van der Waals surface area contributed by atoms with Gasteiger partial charge in [-0.3, -0.25) is 19.8 Å². The lowest BCUT2D eigenvalue weighted by Crippen LogP contribution is -2.35. The fraction of sp³-hybridized carbons (Fsp3) is 0.0714. The second kappa shape index (κ2) is 8.58. The molecule has 0 aliphatic carbocycles. The molecular formula is C28H20N4O3S. The normalized spacial score (nSPS) is 11.4. The highest BCUT2D eigenvalue weighted by molar-refractivity contribution is 7.19. The molecule has 1 N–H and O–H groups in total. The van der Waals surface area contributed by atoms with Crippen molar-refractivity contribution in [3.8, 4) is 11.1 Å². The van der Waals surface area contributed by atoms with Crippen LogP contribution in [0.5, 0.6) is 0 Å². The van der Waals surface area contributed by atoms with Gasteiger partial charge < -0.3 is 4.57 Å². The maximum Gasteiger partial charge on any atom is 0.281 e. The van der Waals surface area contributed by atoms with Crippen molar-refractivity contribution in [2.75, 3.05) is 5.43 Å². The van der Waals surface area contributed by atoms with Crippen LogP contribution < -0.4 is 16.4 Å². The van der Waals surface area contributed by atoms with Crippen molar-refractivity contribution in [2.24, 2.45) is 0 Å². The zero-order valence-electron chi connectivity index (χ0n) is 19.3. The molecule has 0 radical (unpaired) electrons. The third kappa shape index (κ3) is 3.50. The van der Waals surface area contributed by atoms with Crippen LogP contribution in [0.2, 0.25) is 0 Å². The van der Waals surface area contributed by atoms with Crippen molar-refractivity contribution in [1.29, 1.82) is 0 Å². The summed E-state index contributed by atoms with van der Waals surface area (Å²) in [5.41, 5.74) is 5.33. The van der Waals surface area contributed by atoms with E-state index in [0.29, 0.717) is 32.0 Å². The van der Waals surface area contributed by atoms with E-state index < -0.39 is 5.91 Å². The molecule has 8 heteroatoms. The lowest BCUT2D eigenvalue weighted by molar-refractivity contribution is -0.117. The molecule has 1 amide bonds. The molecule has 3 heterocycles. The summed E-state index contributed by atoms with van der Waals surface area (Å²) < 4.78 is 2.93. The molecule has 0 fully saturated rings. The van der Waals surface area contributed by atoms with Gasteiger partial charge in [-0.1, -0.05) is 54.6 Å². The maximum absolute atomic E-state index is 13.5. The highest BCUT2D eigenvalue weighted by Crippen LogP contribution is 2.35. The number of fused-ring (bicyclic) bond motifs is 3. The molecule has 0 spiro atoms. The van der Waals surface area contributed by atoms with Crippen molar-refractivity contribution < 1.29 is 4.79 Å². The number of nitrogens with one attached hydrogen (secondary N) is 1. The Hall–Kier alpha value is -4.56. The second-order valence-electron chi connectivity index (χ2n) is 8.48. The Kier molecular flexibility index (Phi) is 5.23. The molecule has 176 valence electrons. The largest absolute Gasteiger partial charge is 0.331 e. The van der Waals surface area contributed by atoms with Crippen LogP contribution in [0.4, 0.5) is 0 Å². The van der Waals surface area contributed by atoms with Crippen LogP contribution in [0.3, 0.4) is 0 Å². The van der Waals surface area contributed by atoms with E-state index in [4.69, 9.17) is 0 Å². The zero-order valence-corrected chi connectivity index (χ0v) is 20.1. The summed E-state index contributed by atoms with van der Waals surface area (Å²) in [6.07, 6.45) is 1.34. The molecule has 0 aliphatic heterocycles. The summed E-state index contributed by atoms with van der Waals surface area (Å²) in [7, 11) is 0. The number of carbonyl (C=O) groups is 1. The molecule has 0 saturated carbocycles. The van der Waals surface area contributed by atoms with Crippen LogP contribution in [0, 0.1) is 6.92 Å². The summed E-state index contributed by atoms with van der Waals surface area (Å²) in [6.45, 7) is 1.88. The number of amides is 1. The third-order valence-electron chi connectivity index (χ3n) is 6.28. The van der Waals surface area contributed by atoms with E-state index in [9.17, 15) is 14.4 Å². The first-order valence-electron chi connectivity index (χ1n) is 11.4. The van der Waals surface area contributed by atoms with Crippen LogP contribution in [0.1, 0.15) is 4.88 Å². The predicted octanol–water partition coefficient (Wildman–Crippen LogP) is 4.67. The van der Waals surface area contributed by atoms with Crippen LogP contribution in [-0.4, -0.2) is 20.1 Å². The lowest BCUT2D eigenvalue weighted by atomic mass is 10.0. The van der Waals surface area contributed by atoms with Crippen molar-refractivity contribution in [3.05, 3.63) is 111 Å². The molecule has 0 unspecified atom stereocenters. The van der Waals surface area contributed by atoms with Crippen LogP contribution in [-0.2, 0) is 11.3 Å². The Balaban J connectivity index is 1.42. The standard InChI is InChI=1S/C28H20N4O3S/c1-17-24(18-9-3-2-4-10-18)25-27(36-17)29-16-32(28(25)35)30-23(33)15-31-21-13-7-5-11-19(21)26(34)20-12-6-8-14-22(20)31/h2-14,16H,15H2,1H3,(H,30,33). The van der Waals surface area contributed by atoms with Crippen molar-refractivity contribution in [2.45, 2.75) is 13.5 Å². The molecule has 3 aromatic heterocycles. The number of aryl methyl sites for hydroxylation is 1. The Labute approximate surface area is 208 Å². The maximum atomic E-state index is 13.5. The van der Waals surface area contributed by atoms with E-state index >= 15 is 0 Å². The number of rotatable bonds is 4. The number of carbonyl (C=O) groups excluding carboxylic acids is 1.